The van der Waals surface area contributed by atoms with E-state index in [1.54, 1.807) is 13.2 Å². The molecule has 0 amide bonds. The number of hydrogen-bond acceptors (Lipinski definition) is 5. The van der Waals surface area contributed by atoms with Crippen LogP contribution in [0.2, 0.25) is 0 Å². The number of para-hydroxylation sites is 1. The molecule has 0 fully saturated rings. The molecule has 0 saturated heterocycles. The van der Waals surface area contributed by atoms with Crippen LogP contribution in [0.3, 0.4) is 0 Å². The molecule has 0 saturated carbocycles. The molecule has 2 heterocycles. The summed E-state index contributed by atoms with van der Waals surface area (Å²) in [5, 5.41) is 6.41. The molecule has 5 heteroatoms. The van der Waals surface area contributed by atoms with Crippen molar-refractivity contribution in [3.8, 4) is 11.4 Å². The highest BCUT2D eigenvalue weighted by Crippen LogP contribution is 2.26. The Hall–Kier alpha value is -2.95. The molecule has 2 aromatic heterocycles. The molecule has 0 aliphatic rings. The summed E-state index contributed by atoms with van der Waals surface area (Å²) in [6, 6.07) is 13.9. The van der Waals surface area contributed by atoms with E-state index in [-0.39, 0.29) is 0 Å². The Balaban J connectivity index is 2.03. The first-order valence-electron chi connectivity index (χ1n) is 7.49. The van der Waals surface area contributed by atoms with Crippen molar-refractivity contribution >= 4 is 17.5 Å². The molecule has 0 atom stereocenters. The van der Waals surface area contributed by atoms with Crippen molar-refractivity contribution in [2.24, 2.45) is 0 Å². The number of rotatable bonds is 4. The SMILES string of the molecule is CNc1nc(Nc2c(C)cccc2C)cc(-c2ccccn2)n1. The third-order valence-electron chi connectivity index (χ3n) is 3.61. The Bertz CT molecular complexity index is 795. The minimum absolute atomic E-state index is 0.557. The van der Waals surface area contributed by atoms with Crippen molar-refractivity contribution < 1.29 is 0 Å². The van der Waals surface area contributed by atoms with Gasteiger partial charge in [0.05, 0.1) is 11.4 Å². The number of nitrogens with zero attached hydrogens (tertiary/aromatic N) is 3. The zero-order valence-electron chi connectivity index (χ0n) is 13.5. The molecule has 0 radical (unpaired) electrons. The maximum Gasteiger partial charge on any atom is 0.225 e. The van der Waals surface area contributed by atoms with Gasteiger partial charge in [0.2, 0.25) is 5.95 Å². The number of aromatic nitrogens is 3. The van der Waals surface area contributed by atoms with Crippen LogP contribution >= 0.6 is 0 Å². The third kappa shape index (κ3) is 3.29. The number of anilines is 3. The van der Waals surface area contributed by atoms with Crippen LogP contribution < -0.4 is 10.6 Å². The van der Waals surface area contributed by atoms with Gasteiger partial charge in [0.1, 0.15) is 5.82 Å². The topological polar surface area (TPSA) is 62.7 Å². The third-order valence-corrected chi connectivity index (χ3v) is 3.61. The van der Waals surface area contributed by atoms with Crippen molar-refractivity contribution in [3.63, 3.8) is 0 Å². The van der Waals surface area contributed by atoms with Gasteiger partial charge in [-0.3, -0.25) is 4.98 Å². The fraction of sp³-hybridized carbons (Fsp3) is 0.167. The molecule has 0 spiro atoms. The molecule has 2 N–H and O–H groups in total. The van der Waals surface area contributed by atoms with Gasteiger partial charge in [0, 0.05) is 25.0 Å². The molecule has 1 aromatic carbocycles. The van der Waals surface area contributed by atoms with Gasteiger partial charge in [0.15, 0.2) is 0 Å². The molecule has 0 aliphatic carbocycles. The molecule has 116 valence electrons. The summed E-state index contributed by atoms with van der Waals surface area (Å²) in [5.74, 6) is 1.30. The summed E-state index contributed by atoms with van der Waals surface area (Å²) < 4.78 is 0. The molecular formula is C18H19N5. The first-order chi connectivity index (χ1) is 11.2. The number of hydrogen-bond donors (Lipinski definition) is 2. The Morgan fingerprint density at radius 1 is 0.870 bits per heavy atom. The van der Waals surface area contributed by atoms with Crippen molar-refractivity contribution in [2.75, 3.05) is 17.7 Å². The summed E-state index contributed by atoms with van der Waals surface area (Å²) in [4.78, 5) is 13.3. The van der Waals surface area contributed by atoms with Gasteiger partial charge in [-0.2, -0.15) is 4.98 Å². The van der Waals surface area contributed by atoms with E-state index in [0.29, 0.717) is 5.95 Å². The quantitative estimate of drug-likeness (QED) is 0.764. The lowest BCUT2D eigenvalue weighted by Gasteiger charge is -2.13. The van der Waals surface area contributed by atoms with E-state index in [1.807, 2.05) is 30.3 Å². The first-order valence-corrected chi connectivity index (χ1v) is 7.49. The minimum Gasteiger partial charge on any atom is -0.357 e. The largest absolute Gasteiger partial charge is 0.357 e. The molecule has 0 unspecified atom stereocenters. The maximum atomic E-state index is 4.49. The highest BCUT2D eigenvalue weighted by molar-refractivity contribution is 5.68. The Morgan fingerprint density at radius 3 is 2.30 bits per heavy atom. The highest BCUT2D eigenvalue weighted by atomic mass is 15.1. The van der Waals surface area contributed by atoms with E-state index in [1.165, 1.54) is 11.1 Å². The predicted molar refractivity (Wildman–Crippen MR) is 94.0 cm³/mol. The number of nitrogens with one attached hydrogen (secondary N) is 2. The molecule has 23 heavy (non-hydrogen) atoms. The van der Waals surface area contributed by atoms with Crippen molar-refractivity contribution in [1.29, 1.82) is 0 Å². The van der Waals surface area contributed by atoms with E-state index in [2.05, 4.69) is 51.6 Å². The molecule has 3 aromatic rings. The van der Waals surface area contributed by atoms with E-state index in [4.69, 9.17) is 0 Å². The summed E-state index contributed by atoms with van der Waals surface area (Å²) >= 11 is 0. The minimum atomic E-state index is 0.557. The van der Waals surface area contributed by atoms with Gasteiger partial charge >= 0.3 is 0 Å². The Kier molecular flexibility index (Phi) is 4.19. The number of pyridine rings is 1. The standard InChI is InChI=1S/C18H19N5/c1-12-7-6-8-13(2)17(12)22-16-11-15(21-18(19-3)23-16)14-9-4-5-10-20-14/h4-11H,1-3H3,(H2,19,21,22,23). The number of benzene rings is 1. The van der Waals surface area contributed by atoms with Crippen molar-refractivity contribution in [1.82, 2.24) is 15.0 Å². The maximum absolute atomic E-state index is 4.49. The predicted octanol–water partition coefficient (Wildman–Crippen LogP) is 3.94. The van der Waals surface area contributed by atoms with Crippen LogP contribution in [0.15, 0.2) is 48.7 Å². The van der Waals surface area contributed by atoms with Gasteiger partial charge in [-0.1, -0.05) is 24.3 Å². The fourth-order valence-corrected chi connectivity index (χ4v) is 2.41. The average Bonchev–Trinajstić information content (AvgIpc) is 2.59. The Morgan fingerprint density at radius 2 is 1.65 bits per heavy atom. The summed E-state index contributed by atoms with van der Waals surface area (Å²) in [7, 11) is 1.81. The summed E-state index contributed by atoms with van der Waals surface area (Å²) in [5.41, 5.74) is 5.01. The second kappa shape index (κ2) is 6.44. The van der Waals surface area contributed by atoms with E-state index < -0.39 is 0 Å². The van der Waals surface area contributed by atoms with Crippen LogP contribution in [0.25, 0.3) is 11.4 Å². The van der Waals surface area contributed by atoms with Crippen LogP contribution in [0, 0.1) is 13.8 Å². The first kappa shape index (κ1) is 15.0. The molecule has 0 aliphatic heterocycles. The second-order valence-corrected chi connectivity index (χ2v) is 5.32. The lowest BCUT2D eigenvalue weighted by molar-refractivity contribution is 1.14. The molecule has 0 bridgehead atoms. The zero-order valence-corrected chi connectivity index (χ0v) is 13.5. The van der Waals surface area contributed by atoms with Crippen molar-refractivity contribution in [3.05, 3.63) is 59.8 Å². The zero-order chi connectivity index (χ0) is 16.2. The monoisotopic (exact) mass is 305 g/mol. The van der Waals surface area contributed by atoms with Gasteiger partial charge in [-0.05, 0) is 37.1 Å². The van der Waals surface area contributed by atoms with Crippen LogP contribution in [-0.4, -0.2) is 22.0 Å². The Labute approximate surface area is 135 Å². The van der Waals surface area contributed by atoms with Gasteiger partial charge < -0.3 is 10.6 Å². The molecule has 3 rings (SSSR count). The van der Waals surface area contributed by atoms with Crippen LogP contribution in [0.1, 0.15) is 11.1 Å². The molecular weight excluding hydrogens is 286 g/mol. The lowest BCUT2D eigenvalue weighted by Crippen LogP contribution is -2.04. The van der Waals surface area contributed by atoms with E-state index in [0.717, 1.165) is 22.9 Å². The summed E-state index contributed by atoms with van der Waals surface area (Å²) in [6.45, 7) is 4.16. The van der Waals surface area contributed by atoms with E-state index in [9.17, 15) is 0 Å². The van der Waals surface area contributed by atoms with Gasteiger partial charge in [0.25, 0.3) is 0 Å². The molecule has 5 nitrogen and oxygen atoms in total. The highest BCUT2D eigenvalue weighted by Gasteiger charge is 2.09. The normalized spacial score (nSPS) is 10.4. The van der Waals surface area contributed by atoms with Crippen LogP contribution in [0.4, 0.5) is 17.5 Å². The second-order valence-electron chi connectivity index (χ2n) is 5.32. The average molecular weight is 305 g/mol. The van der Waals surface area contributed by atoms with E-state index >= 15 is 0 Å². The summed E-state index contributed by atoms with van der Waals surface area (Å²) in [6.07, 6.45) is 1.76. The lowest BCUT2D eigenvalue weighted by atomic mass is 10.1. The number of aryl methyl sites for hydroxylation is 2. The fourth-order valence-electron chi connectivity index (χ4n) is 2.41. The smallest absolute Gasteiger partial charge is 0.225 e. The van der Waals surface area contributed by atoms with Crippen LogP contribution in [-0.2, 0) is 0 Å². The van der Waals surface area contributed by atoms with Crippen LogP contribution in [0.5, 0.6) is 0 Å². The van der Waals surface area contributed by atoms with Crippen molar-refractivity contribution in [2.45, 2.75) is 13.8 Å². The van der Waals surface area contributed by atoms with Gasteiger partial charge in [-0.15, -0.1) is 0 Å². The van der Waals surface area contributed by atoms with Gasteiger partial charge in [-0.25, -0.2) is 4.98 Å².